The largest absolute Gasteiger partial charge is 0.493 e. The molecule has 3 aromatic rings. The molecular weight excluding hydrogens is 572 g/mol. The van der Waals surface area contributed by atoms with Crippen LogP contribution in [-0.4, -0.2) is 51.8 Å². The molecule has 1 fully saturated rings. The molecule has 1 saturated heterocycles. The number of sulfonamides is 1. The molecule has 1 aliphatic heterocycles. The summed E-state index contributed by atoms with van der Waals surface area (Å²) in [5, 5.41) is 24.2. The Balaban J connectivity index is 1.78. The number of nitrogen functional groups attached to an aromatic ring is 1. The van der Waals surface area contributed by atoms with Crippen molar-refractivity contribution >= 4 is 45.1 Å². The Morgan fingerprint density at radius 1 is 1.00 bits per heavy atom. The Bertz CT molecular complexity index is 1740. The monoisotopic (exact) mass is 594 g/mol. The third-order valence-electron chi connectivity index (χ3n) is 6.15. The molecule has 0 bridgehead atoms. The minimum atomic E-state index is -3.97. The van der Waals surface area contributed by atoms with Gasteiger partial charge in [-0.25, -0.2) is 23.4 Å². The van der Waals surface area contributed by atoms with Crippen LogP contribution in [0.2, 0.25) is 0 Å². The van der Waals surface area contributed by atoms with E-state index in [2.05, 4.69) is 4.98 Å². The fraction of sp³-hybridized carbons (Fsp3) is 0.192. The van der Waals surface area contributed by atoms with E-state index >= 15 is 0 Å². The summed E-state index contributed by atoms with van der Waals surface area (Å²) in [5.41, 5.74) is 6.63. The number of hydrogen-bond donors (Lipinski definition) is 2. The van der Waals surface area contributed by atoms with Crippen LogP contribution in [0.4, 0.5) is 11.5 Å². The highest BCUT2D eigenvalue weighted by molar-refractivity contribution is 8.00. The molecule has 0 radical (unpaired) electrons. The zero-order valence-corrected chi connectivity index (χ0v) is 23.5. The van der Waals surface area contributed by atoms with Crippen LogP contribution >= 0.6 is 11.8 Å². The van der Waals surface area contributed by atoms with Crippen LogP contribution < -0.4 is 30.0 Å². The number of primary sulfonamides is 1. The first-order valence-electron chi connectivity index (χ1n) is 11.6. The van der Waals surface area contributed by atoms with Crippen LogP contribution in [0.15, 0.2) is 46.3 Å². The molecule has 1 unspecified atom stereocenters. The molecule has 1 atom stereocenters. The van der Waals surface area contributed by atoms with Crippen molar-refractivity contribution in [2.75, 3.05) is 32.0 Å². The van der Waals surface area contributed by atoms with Crippen LogP contribution in [-0.2, 0) is 19.6 Å². The topological polar surface area (TPSA) is 212 Å². The molecule has 0 saturated carbocycles. The highest BCUT2D eigenvalue weighted by atomic mass is 32.2. The number of aromatic nitrogens is 1. The van der Waals surface area contributed by atoms with Gasteiger partial charge < -0.3 is 19.9 Å². The van der Waals surface area contributed by atoms with Gasteiger partial charge in [-0.1, -0.05) is 11.8 Å². The van der Waals surface area contributed by atoms with Crippen molar-refractivity contribution in [3.63, 3.8) is 0 Å². The lowest BCUT2D eigenvalue weighted by Crippen LogP contribution is -2.31. The molecule has 1 aliphatic rings. The molecule has 0 aliphatic carbocycles. The number of ether oxygens (including phenoxy) is 3. The summed E-state index contributed by atoms with van der Waals surface area (Å²) in [6, 6.07) is 12.1. The number of rotatable bonds is 8. The molecule has 2 amide bonds. The maximum Gasteiger partial charge on any atom is 0.247 e. The van der Waals surface area contributed by atoms with Crippen molar-refractivity contribution in [3.05, 3.63) is 47.5 Å². The van der Waals surface area contributed by atoms with Crippen LogP contribution in [0, 0.1) is 22.7 Å². The van der Waals surface area contributed by atoms with Crippen molar-refractivity contribution in [1.29, 1.82) is 10.5 Å². The normalized spacial score (nSPS) is 14.9. The summed E-state index contributed by atoms with van der Waals surface area (Å²) in [4.78, 5) is 31.1. The predicted octanol–water partition coefficient (Wildman–Crippen LogP) is 2.17. The number of anilines is 2. The number of nitrogens with two attached hydrogens (primary N) is 2. The van der Waals surface area contributed by atoms with Gasteiger partial charge in [-0.05, 0) is 42.0 Å². The number of carbonyl (C=O) groups is 2. The van der Waals surface area contributed by atoms with E-state index in [0.29, 0.717) is 11.3 Å². The van der Waals surface area contributed by atoms with Crippen molar-refractivity contribution in [2.45, 2.75) is 21.6 Å². The van der Waals surface area contributed by atoms with Gasteiger partial charge in [-0.3, -0.25) is 9.59 Å². The van der Waals surface area contributed by atoms with Crippen LogP contribution in [0.25, 0.3) is 11.1 Å². The molecular formula is C26H22N6O7S2. The SMILES string of the molecule is COc1cc(-c2c(C#N)c(N)nc(SC3CC(=O)N(c4ccc(S(N)(=O)=O)cc4)C3=O)c2C#N)cc(OC)c1OC. The van der Waals surface area contributed by atoms with Crippen molar-refractivity contribution in [1.82, 2.24) is 4.98 Å². The first-order valence-corrected chi connectivity index (χ1v) is 14.0. The van der Waals surface area contributed by atoms with Gasteiger partial charge in [-0.2, -0.15) is 10.5 Å². The van der Waals surface area contributed by atoms with Gasteiger partial charge >= 0.3 is 0 Å². The molecule has 0 spiro atoms. The fourth-order valence-corrected chi connectivity index (χ4v) is 5.92. The summed E-state index contributed by atoms with van der Waals surface area (Å²) in [5.74, 6) is -0.517. The Kier molecular flexibility index (Phi) is 8.07. The Morgan fingerprint density at radius 2 is 1.59 bits per heavy atom. The van der Waals surface area contributed by atoms with Gasteiger partial charge in [0.25, 0.3) is 0 Å². The Labute approximate surface area is 239 Å². The standard InChI is InChI=1S/C26H22N6O7S2/c1-37-18-8-13(9-19(38-2)23(18)39-3)22-16(11-27)24(29)31-25(17(22)12-28)40-20-10-21(33)32(26(20)34)14-4-6-15(7-5-14)41(30,35)36/h4-9,20H,10H2,1-3H3,(H2,29,31)(H2,30,35,36). The number of nitrogens with zero attached hydrogens (tertiary/aromatic N) is 4. The third-order valence-corrected chi connectivity index (χ3v) is 8.25. The smallest absolute Gasteiger partial charge is 0.247 e. The predicted molar refractivity (Wildman–Crippen MR) is 148 cm³/mol. The zero-order valence-electron chi connectivity index (χ0n) is 21.9. The zero-order chi connectivity index (χ0) is 30.1. The van der Waals surface area contributed by atoms with E-state index in [1.54, 1.807) is 12.1 Å². The number of benzene rings is 2. The van der Waals surface area contributed by atoms with Crippen LogP contribution in [0.3, 0.4) is 0 Å². The molecule has 2 heterocycles. The molecule has 15 heteroatoms. The van der Waals surface area contributed by atoms with Gasteiger partial charge in [0.1, 0.15) is 28.5 Å². The molecule has 2 aromatic carbocycles. The van der Waals surface area contributed by atoms with E-state index in [-0.39, 0.29) is 56.0 Å². The van der Waals surface area contributed by atoms with Gasteiger partial charge in [0.05, 0.1) is 42.7 Å². The van der Waals surface area contributed by atoms with E-state index in [1.165, 1.54) is 45.6 Å². The average molecular weight is 595 g/mol. The van der Waals surface area contributed by atoms with Crippen LogP contribution in [0.1, 0.15) is 17.5 Å². The van der Waals surface area contributed by atoms with Gasteiger partial charge in [0.2, 0.25) is 27.6 Å². The van der Waals surface area contributed by atoms with Crippen molar-refractivity contribution in [2.24, 2.45) is 5.14 Å². The Hall–Kier alpha value is -4.83. The fourth-order valence-electron chi connectivity index (χ4n) is 4.28. The maximum atomic E-state index is 13.3. The van der Waals surface area contributed by atoms with E-state index in [9.17, 15) is 28.5 Å². The molecule has 4 rings (SSSR count). The lowest BCUT2D eigenvalue weighted by Gasteiger charge is -2.18. The van der Waals surface area contributed by atoms with E-state index in [0.717, 1.165) is 16.7 Å². The number of methoxy groups -OCH3 is 3. The highest BCUT2D eigenvalue weighted by Gasteiger charge is 2.41. The number of thioether (sulfide) groups is 1. The van der Waals surface area contributed by atoms with E-state index in [1.807, 2.05) is 12.1 Å². The molecule has 4 N–H and O–H groups in total. The highest BCUT2D eigenvalue weighted by Crippen LogP contribution is 2.45. The number of imide groups is 1. The second-order valence-electron chi connectivity index (χ2n) is 8.48. The summed E-state index contributed by atoms with van der Waals surface area (Å²) in [6.07, 6.45) is -0.230. The molecule has 41 heavy (non-hydrogen) atoms. The third kappa shape index (κ3) is 5.33. The van der Waals surface area contributed by atoms with Crippen molar-refractivity contribution < 1.29 is 32.2 Å². The number of hydrogen-bond acceptors (Lipinski definition) is 12. The second-order valence-corrected chi connectivity index (χ2v) is 11.2. The lowest BCUT2D eigenvalue weighted by molar-refractivity contribution is -0.121. The lowest BCUT2D eigenvalue weighted by atomic mass is 9.96. The summed E-state index contributed by atoms with van der Waals surface area (Å²) < 4.78 is 39.3. The molecule has 1 aromatic heterocycles. The average Bonchev–Trinajstić information content (AvgIpc) is 3.23. The molecule has 210 valence electrons. The van der Waals surface area contributed by atoms with Crippen LogP contribution in [0.5, 0.6) is 17.2 Å². The van der Waals surface area contributed by atoms with Gasteiger partial charge in [0, 0.05) is 12.0 Å². The number of nitriles is 2. The first-order chi connectivity index (χ1) is 19.5. The first kappa shape index (κ1) is 29.2. The number of amides is 2. The van der Waals surface area contributed by atoms with Gasteiger partial charge in [0.15, 0.2) is 11.5 Å². The maximum absolute atomic E-state index is 13.3. The number of pyridine rings is 1. The summed E-state index contributed by atoms with van der Waals surface area (Å²) >= 11 is 0.852. The Morgan fingerprint density at radius 3 is 2.07 bits per heavy atom. The minimum Gasteiger partial charge on any atom is -0.493 e. The van der Waals surface area contributed by atoms with Crippen molar-refractivity contribution in [3.8, 4) is 40.5 Å². The van der Waals surface area contributed by atoms with E-state index in [4.69, 9.17) is 25.1 Å². The second kappa shape index (κ2) is 11.3. The number of carbonyl (C=O) groups excluding carboxylic acids is 2. The minimum absolute atomic E-state index is 0.0327. The van der Waals surface area contributed by atoms with Gasteiger partial charge in [-0.15, -0.1) is 0 Å². The molecule has 13 nitrogen and oxygen atoms in total. The quantitative estimate of drug-likeness (QED) is 0.359. The summed E-state index contributed by atoms with van der Waals surface area (Å²) in [7, 11) is 0.287. The summed E-state index contributed by atoms with van der Waals surface area (Å²) in [6.45, 7) is 0. The van der Waals surface area contributed by atoms with E-state index < -0.39 is 27.1 Å².